The molecular formula is C21H17NO5. The highest BCUT2D eigenvalue weighted by Crippen LogP contribution is 2.25. The van der Waals surface area contributed by atoms with E-state index in [9.17, 15) is 14.4 Å². The fourth-order valence-corrected chi connectivity index (χ4v) is 2.54. The summed E-state index contributed by atoms with van der Waals surface area (Å²) in [6, 6.07) is 17.3. The number of Topliss-reactive ketones (excluding diaryl/α,β-unsaturated/α-hetero) is 1. The van der Waals surface area contributed by atoms with Gasteiger partial charge in [0, 0.05) is 23.7 Å². The number of nitrogens with one attached hydrogen (secondary N) is 1. The van der Waals surface area contributed by atoms with E-state index in [4.69, 9.17) is 9.15 Å². The first kappa shape index (κ1) is 18.1. The van der Waals surface area contributed by atoms with Crippen molar-refractivity contribution in [2.24, 2.45) is 0 Å². The molecule has 27 heavy (non-hydrogen) atoms. The Morgan fingerprint density at radius 3 is 2.33 bits per heavy atom. The van der Waals surface area contributed by atoms with Gasteiger partial charge in [0.05, 0.1) is 6.26 Å². The third-order valence-electron chi connectivity index (χ3n) is 3.80. The molecule has 1 aromatic heterocycles. The molecule has 0 aliphatic carbocycles. The number of ketones is 1. The number of hydrogen-bond donors (Lipinski definition) is 1. The van der Waals surface area contributed by atoms with Crippen LogP contribution >= 0.6 is 0 Å². The topological polar surface area (TPSA) is 85.6 Å². The highest BCUT2D eigenvalue weighted by atomic mass is 16.5. The van der Waals surface area contributed by atoms with E-state index in [0.29, 0.717) is 16.8 Å². The quantitative estimate of drug-likeness (QED) is 0.529. The molecular weight excluding hydrogens is 346 g/mol. The Morgan fingerprint density at radius 2 is 1.67 bits per heavy atom. The molecule has 6 heteroatoms. The average Bonchev–Trinajstić information content (AvgIpc) is 3.16. The van der Waals surface area contributed by atoms with Gasteiger partial charge in [-0.3, -0.25) is 9.59 Å². The van der Waals surface area contributed by atoms with Gasteiger partial charge in [-0.05, 0) is 35.9 Å². The molecule has 1 heterocycles. The Labute approximate surface area is 155 Å². The Balaban J connectivity index is 1.64. The summed E-state index contributed by atoms with van der Waals surface area (Å²) in [5.41, 5.74) is 2.38. The summed E-state index contributed by atoms with van der Waals surface area (Å²) in [5.74, 6) is -1.21. The van der Waals surface area contributed by atoms with E-state index in [2.05, 4.69) is 5.32 Å². The zero-order chi connectivity index (χ0) is 19.2. The van der Waals surface area contributed by atoms with Crippen LogP contribution < -0.4 is 5.32 Å². The van der Waals surface area contributed by atoms with Gasteiger partial charge in [0.25, 0.3) is 0 Å². The first-order valence-electron chi connectivity index (χ1n) is 8.25. The zero-order valence-corrected chi connectivity index (χ0v) is 14.6. The SMILES string of the molecule is CC(=O)Nc1ccc(C(=O)COC(=O)c2occc2-c2ccccc2)cc1. The van der Waals surface area contributed by atoms with Crippen molar-refractivity contribution < 1.29 is 23.5 Å². The molecule has 3 aromatic rings. The Bertz CT molecular complexity index is 958. The average molecular weight is 363 g/mol. The van der Waals surface area contributed by atoms with Crippen molar-refractivity contribution in [3.8, 4) is 11.1 Å². The standard InChI is InChI=1S/C21H17NO5/c1-14(23)22-17-9-7-16(8-10-17)19(24)13-27-21(25)20-18(11-12-26-20)15-5-3-2-4-6-15/h2-12H,13H2,1H3,(H,22,23). The monoisotopic (exact) mass is 363 g/mol. The fourth-order valence-electron chi connectivity index (χ4n) is 2.54. The van der Waals surface area contributed by atoms with Crippen LogP contribution in [0, 0.1) is 0 Å². The minimum absolute atomic E-state index is 0.0509. The Hall–Kier alpha value is -3.67. The summed E-state index contributed by atoms with van der Waals surface area (Å²) in [4.78, 5) is 35.5. The van der Waals surface area contributed by atoms with Crippen molar-refractivity contribution >= 4 is 23.3 Å². The third-order valence-corrected chi connectivity index (χ3v) is 3.80. The van der Waals surface area contributed by atoms with Crippen molar-refractivity contribution in [2.75, 3.05) is 11.9 Å². The van der Waals surface area contributed by atoms with Crippen molar-refractivity contribution in [1.82, 2.24) is 0 Å². The molecule has 0 saturated carbocycles. The van der Waals surface area contributed by atoms with Gasteiger partial charge in [0.1, 0.15) is 0 Å². The van der Waals surface area contributed by atoms with E-state index in [1.165, 1.54) is 13.2 Å². The molecule has 2 aromatic carbocycles. The van der Waals surface area contributed by atoms with Gasteiger partial charge < -0.3 is 14.5 Å². The number of carbonyl (C=O) groups excluding carboxylic acids is 3. The molecule has 0 fully saturated rings. The highest BCUT2D eigenvalue weighted by Gasteiger charge is 2.19. The first-order valence-corrected chi connectivity index (χ1v) is 8.25. The smallest absolute Gasteiger partial charge is 0.375 e. The molecule has 136 valence electrons. The maximum absolute atomic E-state index is 12.3. The van der Waals surface area contributed by atoms with Gasteiger partial charge in [-0.1, -0.05) is 30.3 Å². The Morgan fingerprint density at radius 1 is 0.963 bits per heavy atom. The maximum atomic E-state index is 12.3. The van der Waals surface area contributed by atoms with Gasteiger partial charge in [0.15, 0.2) is 12.4 Å². The van der Waals surface area contributed by atoms with Crippen LogP contribution in [0.5, 0.6) is 0 Å². The van der Waals surface area contributed by atoms with Gasteiger partial charge in [0.2, 0.25) is 11.7 Å². The number of anilines is 1. The molecule has 1 N–H and O–H groups in total. The van der Waals surface area contributed by atoms with Gasteiger partial charge in [-0.2, -0.15) is 0 Å². The van der Waals surface area contributed by atoms with Crippen LogP contribution in [0.2, 0.25) is 0 Å². The molecule has 6 nitrogen and oxygen atoms in total. The van der Waals surface area contributed by atoms with E-state index < -0.39 is 12.6 Å². The number of carbonyl (C=O) groups is 3. The lowest BCUT2D eigenvalue weighted by atomic mass is 10.1. The number of esters is 1. The predicted octanol–water partition coefficient (Wildman–Crippen LogP) is 3.94. The summed E-state index contributed by atoms with van der Waals surface area (Å²) in [6.07, 6.45) is 1.40. The first-order chi connectivity index (χ1) is 13.0. The second-order valence-electron chi connectivity index (χ2n) is 5.79. The molecule has 3 rings (SSSR count). The van der Waals surface area contributed by atoms with Crippen LogP contribution in [0.3, 0.4) is 0 Å². The molecule has 0 radical (unpaired) electrons. The van der Waals surface area contributed by atoms with E-state index in [1.54, 1.807) is 30.3 Å². The van der Waals surface area contributed by atoms with Crippen LogP contribution in [0.15, 0.2) is 71.3 Å². The summed E-state index contributed by atoms with van der Waals surface area (Å²) in [5, 5.41) is 2.61. The number of ether oxygens (including phenoxy) is 1. The molecule has 0 aliphatic rings. The summed E-state index contributed by atoms with van der Waals surface area (Å²) in [6.45, 7) is 0.990. The minimum Gasteiger partial charge on any atom is -0.457 e. The van der Waals surface area contributed by atoms with Crippen LogP contribution in [0.25, 0.3) is 11.1 Å². The molecule has 0 spiro atoms. The van der Waals surface area contributed by atoms with Gasteiger partial charge in [-0.15, -0.1) is 0 Å². The molecule has 0 atom stereocenters. The second kappa shape index (κ2) is 8.14. The lowest BCUT2D eigenvalue weighted by Gasteiger charge is -2.06. The van der Waals surface area contributed by atoms with Crippen molar-refractivity contribution in [1.29, 1.82) is 0 Å². The highest BCUT2D eigenvalue weighted by molar-refractivity contribution is 6.00. The fraction of sp³-hybridized carbons (Fsp3) is 0.0952. The van der Waals surface area contributed by atoms with Crippen LogP contribution in [0.4, 0.5) is 5.69 Å². The van der Waals surface area contributed by atoms with Crippen molar-refractivity contribution in [3.05, 3.63) is 78.3 Å². The van der Waals surface area contributed by atoms with Crippen molar-refractivity contribution in [2.45, 2.75) is 6.92 Å². The third kappa shape index (κ3) is 4.49. The maximum Gasteiger partial charge on any atom is 0.375 e. The van der Waals surface area contributed by atoms with Crippen LogP contribution in [0.1, 0.15) is 27.8 Å². The number of amides is 1. The van der Waals surface area contributed by atoms with Gasteiger partial charge >= 0.3 is 5.97 Å². The molecule has 0 aliphatic heterocycles. The summed E-state index contributed by atoms with van der Waals surface area (Å²) < 4.78 is 10.4. The lowest BCUT2D eigenvalue weighted by Crippen LogP contribution is -2.14. The van der Waals surface area contributed by atoms with Crippen LogP contribution in [-0.2, 0) is 9.53 Å². The molecule has 0 saturated heterocycles. The lowest BCUT2D eigenvalue weighted by molar-refractivity contribution is -0.114. The normalized spacial score (nSPS) is 10.3. The minimum atomic E-state index is -0.706. The van der Waals surface area contributed by atoms with Gasteiger partial charge in [-0.25, -0.2) is 4.79 Å². The van der Waals surface area contributed by atoms with E-state index in [-0.39, 0.29) is 17.5 Å². The molecule has 1 amide bonds. The number of hydrogen-bond acceptors (Lipinski definition) is 5. The second-order valence-corrected chi connectivity index (χ2v) is 5.79. The number of furan rings is 1. The molecule has 0 bridgehead atoms. The zero-order valence-electron chi connectivity index (χ0n) is 14.6. The number of rotatable bonds is 6. The van der Waals surface area contributed by atoms with Crippen molar-refractivity contribution in [3.63, 3.8) is 0 Å². The van der Waals surface area contributed by atoms with E-state index in [1.807, 2.05) is 30.3 Å². The van der Waals surface area contributed by atoms with E-state index in [0.717, 1.165) is 5.56 Å². The summed E-state index contributed by atoms with van der Waals surface area (Å²) >= 11 is 0. The Kier molecular flexibility index (Phi) is 5.47. The number of benzene rings is 2. The van der Waals surface area contributed by atoms with Crippen LogP contribution in [-0.4, -0.2) is 24.3 Å². The molecule has 0 unspecified atom stereocenters. The predicted molar refractivity (Wildman–Crippen MR) is 99.5 cm³/mol. The largest absolute Gasteiger partial charge is 0.457 e. The van der Waals surface area contributed by atoms with E-state index >= 15 is 0 Å². The summed E-state index contributed by atoms with van der Waals surface area (Å²) in [7, 11) is 0.